The summed E-state index contributed by atoms with van der Waals surface area (Å²) in [5, 5.41) is 0. The SMILES string of the molecule is CCOC(=O)Cc1cc(CCl)nc(OC(F)(F)F)c1OC. The first-order valence-electron chi connectivity index (χ1n) is 5.84. The maximum atomic E-state index is 12.4. The van der Waals surface area contributed by atoms with Crippen molar-refractivity contribution in [1.29, 1.82) is 0 Å². The van der Waals surface area contributed by atoms with Gasteiger partial charge >= 0.3 is 12.3 Å². The zero-order valence-electron chi connectivity index (χ0n) is 11.3. The van der Waals surface area contributed by atoms with Crippen molar-refractivity contribution >= 4 is 17.6 Å². The third-order valence-electron chi connectivity index (χ3n) is 2.27. The third-order valence-corrected chi connectivity index (χ3v) is 2.54. The first-order valence-corrected chi connectivity index (χ1v) is 6.38. The lowest BCUT2D eigenvalue weighted by Gasteiger charge is -2.15. The molecule has 0 aliphatic rings. The lowest BCUT2D eigenvalue weighted by atomic mass is 10.1. The minimum Gasteiger partial charge on any atom is -0.491 e. The number of hydrogen-bond donors (Lipinski definition) is 0. The number of hydrogen-bond acceptors (Lipinski definition) is 5. The van der Waals surface area contributed by atoms with E-state index >= 15 is 0 Å². The Morgan fingerprint density at radius 3 is 2.57 bits per heavy atom. The maximum Gasteiger partial charge on any atom is 0.574 e. The van der Waals surface area contributed by atoms with Crippen LogP contribution in [0.1, 0.15) is 18.2 Å². The minimum atomic E-state index is -4.94. The van der Waals surface area contributed by atoms with Gasteiger partial charge in [0.1, 0.15) is 0 Å². The van der Waals surface area contributed by atoms with E-state index in [1.807, 2.05) is 0 Å². The number of rotatable bonds is 6. The predicted octanol–water partition coefficient (Wildman–Crippen LogP) is 2.83. The molecule has 0 N–H and O–H groups in total. The van der Waals surface area contributed by atoms with E-state index in [1.165, 1.54) is 6.07 Å². The normalized spacial score (nSPS) is 11.1. The van der Waals surface area contributed by atoms with Gasteiger partial charge in [0.2, 0.25) is 0 Å². The molecule has 0 unspecified atom stereocenters. The number of methoxy groups -OCH3 is 1. The van der Waals surface area contributed by atoms with Crippen molar-refractivity contribution in [3.63, 3.8) is 0 Å². The summed E-state index contributed by atoms with van der Waals surface area (Å²) >= 11 is 5.58. The molecule has 0 aromatic carbocycles. The largest absolute Gasteiger partial charge is 0.574 e. The highest BCUT2D eigenvalue weighted by Gasteiger charge is 2.34. The van der Waals surface area contributed by atoms with Crippen molar-refractivity contribution in [2.75, 3.05) is 13.7 Å². The van der Waals surface area contributed by atoms with E-state index in [4.69, 9.17) is 21.1 Å². The molecule has 0 saturated carbocycles. The molecule has 0 fully saturated rings. The van der Waals surface area contributed by atoms with Crippen molar-refractivity contribution in [2.45, 2.75) is 25.6 Å². The molecule has 118 valence electrons. The number of pyridine rings is 1. The van der Waals surface area contributed by atoms with Gasteiger partial charge in [0.25, 0.3) is 5.88 Å². The van der Waals surface area contributed by atoms with E-state index in [1.54, 1.807) is 6.92 Å². The third kappa shape index (κ3) is 5.30. The van der Waals surface area contributed by atoms with Crippen molar-refractivity contribution in [1.82, 2.24) is 4.98 Å². The Hall–Kier alpha value is -1.70. The smallest absolute Gasteiger partial charge is 0.491 e. The molecule has 1 aromatic heterocycles. The van der Waals surface area contributed by atoms with Crippen LogP contribution < -0.4 is 9.47 Å². The molecule has 5 nitrogen and oxygen atoms in total. The van der Waals surface area contributed by atoms with Gasteiger partial charge in [0.15, 0.2) is 5.75 Å². The lowest BCUT2D eigenvalue weighted by molar-refractivity contribution is -0.276. The summed E-state index contributed by atoms with van der Waals surface area (Å²) in [7, 11) is 1.15. The van der Waals surface area contributed by atoms with Crippen LogP contribution >= 0.6 is 11.6 Å². The molecule has 1 aromatic rings. The maximum absolute atomic E-state index is 12.4. The highest BCUT2D eigenvalue weighted by Crippen LogP contribution is 2.34. The van der Waals surface area contributed by atoms with Crippen LogP contribution in [-0.4, -0.2) is 31.0 Å². The van der Waals surface area contributed by atoms with E-state index in [-0.39, 0.29) is 35.9 Å². The summed E-state index contributed by atoms with van der Waals surface area (Å²) in [5.41, 5.74) is 0.275. The molecule has 0 atom stereocenters. The Morgan fingerprint density at radius 2 is 2.10 bits per heavy atom. The number of halogens is 4. The standard InChI is InChI=1S/C12H13ClF3NO4/c1-3-20-9(18)5-7-4-8(6-13)17-11(10(7)19-2)21-12(14,15)16/h4H,3,5-6H2,1-2H3. The number of aromatic nitrogens is 1. The van der Waals surface area contributed by atoms with Gasteiger partial charge in [-0.05, 0) is 13.0 Å². The summed E-state index contributed by atoms with van der Waals surface area (Å²) in [4.78, 5) is 15.1. The van der Waals surface area contributed by atoms with Crippen LogP contribution in [0, 0.1) is 0 Å². The Kier molecular flexibility index (Phi) is 6.07. The number of ether oxygens (including phenoxy) is 3. The molecule has 0 spiro atoms. The van der Waals surface area contributed by atoms with Crippen LogP contribution in [0.4, 0.5) is 13.2 Å². The van der Waals surface area contributed by atoms with Crippen LogP contribution in [0.25, 0.3) is 0 Å². The molecule has 1 heterocycles. The Bertz CT molecular complexity index is 508. The topological polar surface area (TPSA) is 57.7 Å². The fourth-order valence-corrected chi connectivity index (χ4v) is 1.72. The van der Waals surface area contributed by atoms with Crippen LogP contribution in [-0.2, 0) is 21.8 Å². The Labute approximate surface area is 124 Å². The van der Waals surface area contributed by atoms with E-state index < -0.39 is 18.2 Å². The second-order valence-electron chi connectivity index (χ2n) is 3.77. The van der Waals surface area contributed by atoms with Crippen molar-refractivity contribution in [3.05, 3.63) is 17.3 Å². The van der Waals surface area contributed by atoms with Crippen molar-refractivity contribution in [3.8, 4) is 11.6 Å². The molecule has 0 saturated heterocycles. The van der Waals surface area contributed by atoms with Crippen LogP contribution in [0.3, 0.4) is 0 Å². The quantitative estimate of drug-likeness (QED) is 0.594. The molecular weight excluding hydrogens is 315 g/mol. The second-order valence-corrected chi connectivity index (χ2v) is 4.04. The first-order chi connectivity index (χ1) is 9.80. The molecule has 0 amide bonds. The summed E-state index contributed by atoms with van der Waals surface area (Å²) in [6.07, 6.45) is -5.22. The van der Waals surface area contributed by atoms with Crippen LogP contribution in [0.5, 0.6) is 11.6 Å². The number of esters is 1. The van der Waals surface area contributed by atoms with Gasteiger partial charge in [-0.3, -0.25) is 4.79 Å². The zero-order chi connectivity index (χ0) is 16.0. The number of nitrogens with zero attached hydrogens (tertiary/aromatic N) is 1. The Balaban J connectivity index is 3.21. The average Bonchev–Trinajstić information content (AvgIpc) is 2.36. The fraction of sp³-hybridized carbons (Fsp3) is 0.500. The average molecular weight is 328 g/mol. The van der Waals surface area contributed by atoms with Crippen LogP contribution in [0.15, 0.2) is 6.07 Å². The minimum absolute atomic E-state index is 0.121. The summed E-state index contributed by atoms with van der Waals surface area (Å²) in [5.74, 6) is -1.83. The molecule has 0 bridgehead atoms. The fourth-order valence-electron chi connectivity index (χ4n) is 1.58. The van der Waals surface area contributed by atoms with Crippen molar-refractivity contribution < 1.29 is 32.2 Å². The second kappa shape index (κ2) is 7.35. The van der Waals surface area contributed by atoms with Gasteiger partial charge < -0.3 is 14.2 Å². The van der Waals surface area contributed by atoms with Gasteiger partial charge in [-0.1, -0.05) is 0 Å². The molecule has 21 heavy (non-hydrogen) atoms. The van der Waals surface area contributed by atoms with Gasteiger partial charge in [-0.25, -0.2) is 4.98 Å². The zero-order valence-corrected chi connectivity index (χ0v) is 12.0. The summed E-state index contributed by atoms with van der Waals surface area (Å²) in [6, 6.07) is 1.37. The number of carbonyl (C=O) groups is 1. The van der Waals surface area contributed by atoms with Gasteiger partial charge in [-0.2, -0.15) is 0 Å². The summed E-state index contributed by atoms with van der Waals surface area (Å²) < 4.78 is 50.5. The van der Waals surface area contributed by atoms with Gasteiger partial charge in [0.05, 0.1) is 31.7 Å². The molecular formula is C12H13ClF3NO4. The molecule has 9 heteroatoms. The highest BCUT2D eigenvalue weighted by molar-refractivity contribution is 6.16. The van der Waals surface area contributed by atoms with Gasteiger partial charge in [0, 0.05) is 5.56 Å². The monoisotopic (exact) mass is 327 g/mol. The first kappa shape index (κ1) is 17.4. The summed E-state index contributed by atoms with van der Waals surface area (Å²) in [6.45, 7) is 1.77. The molecule has 1 rings (SSSR count). The van der Waals surface area contributed by atoms with Crippen LogP contribution in [0.2, 0.25) is 0 Å². The molecule has 0 radical (unpaired) electrons. The molecule has 0 aliphatic carbocycles. The van der Waals surface area contributed by atoms with E-state index in [2.05, 4.69) is 9.72 Å². The van der Waals surface area contributed by atoms with E-state index in [9.17, 15) is 18.0 Å². The van der Waals surface area contributed by atoms with E-state index in [0.717, 1.165) is 7.11 Å². The number of carbonyl (C=O) groups excluding carboxylic acids is 1. The number of alkyl halides is 4. The lowest BCUT2D eigenvalue weighted by Crippen LogP contribution is -2.19. The van der Waals surface area contributed by atoms with E-state index in [0.29, 0.717) is 0 Å². The van der Waals surface area contributed by atoms with Gasteiger partial charge in [-0.15, -0.1) is 24.8 Å². The highest BCUT2D eigenvalue weighted by atomic mass is 35.5. The van der Waals surface area contributed by atoms with Crippen molar-refractivity contribution in [2.24, 2.45) is 0 Å². The predicted molar refractivity (Wildman–Crippen MR) is 67.4 cm³/mol. The molecule has 0 aliphatic heterocycles. The Morgan fingerprint density at radius 1 is 1.43 bits per heavy atom.